The van der Waals surface area contributed by atoms with Crippen LogP contribution in [-0.2, 0) is 17.8 Å². The maximum atomic E-state index is 13.3. The van der Waals surface area contributed by atoms with E-state index in [0.29, 0.717) is 24.5 Å². The van der Waals surface area contributed by atoms with E-state index in [9.17, 15) is 9.18 Å². The molecular weight excluding hydrogens is 371 g/mol. The second-order valence-corrected chi connectivity index (χ2v) is 7.41. The number of amides is 1. The van der Waals surface area contributed by atoms with Crippen LogP contribution >= 0.6 is 0 Å². The van der Waals surface area contributed by atoms with Gasteiger partial charge in [-0.25, -0.2) is 4.39 Å². The van der Waals surface area contributed by atoms with Crippen molar-refractivity contribution in [2.24, 2.45) is 0 Å². The third-order valence-corrected chi connectivity index (χ3v) is 5.51. The molecule has 6 heteroatoms. The molecule has 5 nitrogen and oxygen atoms in total. The van der Waals surface area contributed by atoms with Crippen molar-refractivity contribution in [1.29, 1.82) is 0 Å². The zero-order valence-electron chi connectivity index (χ0n) is 17.5. The third-order valence-electron chi connectivity index (χ3n) is 5.51. The lowest BCUT2D eigenvalue weighted by Gasteiger charge is -2.41. The Balaban J connectivity index is 1.98. The average molecular weight is 400 g/mol. The number of nitrogens with one attached hydrogen (secondary N) is 1. The van der Waals surface area contributed by atoms with E-state index in [1.165, 1.54) is 17.7 Å². The Bertz CT molecular complexity index is 854. The van der Waals surface area contributed by atoms with E-state index in [2.05, 4.69) is 10.2 Å². The van der Waals surface area contributed by atoms with Gasteiger partial charge in [0.25, 0.3) is 0 Å². The van der Waals surface area contributed by atoms with Crippen LogP contribution in [0.5, 0.6) is 11.5 Å². The Labute approximate surface area is 171 Å². The number of ether oxygens (including phenoxy) is 2. The molecule has 1 aliphatic rings. The van der Waals surface area contributed by atoms with Gasteiger partial charge in [0.2, 0.25) is 5.91 Å². The van der Waals surface area contributed by atoms with Crippen LogP contribution in [0.1, 0.15) is 43.0 Å². The van der Waals surface area contributed by atoms with Crippen LogP contribution in [0.3, 0.4) is 0 Å². The standard InChI is InChI=1S/C23H29FN2O3/c1-5-22(27)25-15(2)23-19-13-21(29-4)20(28-3)12-17(19)10-11-26(23)14-16-6-8-18(24)9-7-16/h6-9,12-13,15,23H,5,10-11,14H2,1-4H3,(H,25,27)/t15-,23+/m0/s1. The topological polar surface area (TPSA) is 50.8 Å². The first-order valence-electron chi connectivity index (χ1n) is 9.99. The Hall–Kier alpha value is -2.60. The van der Waals surface area contributed by atoms with Gasteiger partial charge in [-0.05, 0) is 54.3 Å². The number of halogens is 1. The van der Waals surface area contributed by atoms with E-state index in [1.54, 1.807) is 14.2 Å². The summed E-state index contributed by atoms with van der Waals surface area (Å²) in [4.78, 5) is 14.4. The molecule has 0 radical (unpaired) electrons. The maximum Gasteiger partial charge on any atom is 0.219 e. The van der Waals surface area contributed by atoms with Crippen molar-refractivity contribution >= 4 is 5.91 Å². The van der Waals surface area contributed by atoms with Gasteiger partial charge in [-0.15, -0.1) is 0 Å². The summed E-state index contributed by atoms with van der Waals surface area (Å²) in [6.07, 6.45) is 1.30. The third kappa shape index (κ3) is 4.70. The van der Waals surface area contributed by atoms with Crippen molar-refractivity contribution in [3.8, 4) is 11.5 Å². The Kier molecular flexibility index (Phi) is 6.75. The van der Waals surface area contributed by atoms with Gasteiger partial charge in [-0.2, -0.15) is 0 Å². The Morgan fingerprint density at radius 2 is 1.86 bits per heavy atom. The lowest BCUT2D eigenvalue weighted by Crippen LogP contribution is -2.47. The van der Waals surface area contributed by atoms with Gasteiger partial charge in [0.05, 0.1) is 20.3 Å². The summed E-state index contributed by atoms with van der Waals surface area (Å²) in [5.74, 6) is 1.16. The normalized spacial score (nSPS) is 17.3. The summed E-state index contributed by atoms with van der Waals surface area (Å²) in [5.41, 5.74) is 3.36. The van der Waals surface area contributed by atoms with Crippen molar-refractivity contribution < 1.29 is 18.7 Å². The highest BCUT2D eigenvalue weighted by Crippen LogP contribution is 2.40. The molecule has 1 heterocycles. The summed E-state index contributed by atoms with van der Waals surface area (Å²) in [6.45, 7) is 5.38. The van der Waals surface area contributed by atoms with E-state index < -0.39 is 0 Å². The summed E-state index contributed by atoms with van der Waals surface area (Å²) in [5, 5.41) is 3.12. The SMILES string of the molecule is CCC(=O)N[C@@H](C)[C@@H]1c2cc(OC)c(OC)cc2CCN1Cc1ccc(F)cc1. The van der Waals surface area contributed by atoms with Crippen molar-refractivity contribution in [3.05, 3.63) is 58.9 Å². The highest BCUT2D eigenvalue weighted by atomic mass is 19.1. The van der Waals surface area contributed by atoms with Crippen LogP contribution in [0.4, 0.5) is 4.39 Å². The molecule has 0 bridgehead atoms. The minimum Gasteiger partial charge on any atom is -0.493 e. The number of benzene rings is 2. The molecule has 0 fully saturated rings. The molecule has 0 unspecified atom stereocenters. The summed E-state index contributed by atoms with van der Waals surface area (Å²) < 4.78 is 24.3. The Morgan fingerprint density at radius 1 is 1.21 bits per heavy atom. The second kappa shape index (κ2) is 9.27. The molecule has 1 N–H and O–H groups in total. The molecule has 29 heavy (non-hydrogen) atoms. The minimum atomic E-state index is -0.241. The number of hydrogen-bond acceptors (Lipinski definition) is 4. The number of hydrogen-bond donors (Lipinski definition) is 1. The molecule has 2 atom stereocenters. The van der Waals surface area contributed by atoms with E-state index in [4.69, 9.17) is 9.47 Å². The Morgan fingerprint density at radius 3 is 2.48 bits per heavy atom. The summed E-state index contributed by atoms with van der Waals surface area (Å²) >= 11 is 0. The number of methoxy groups -OCH3 is 2. The molecule has 0 aliphatic carbocycles. The number of carbonyl (C=O) groups is 1. The van der Waals surface area contributed by atoms with Crippen LogP contribution in [0, 0.1) is 5.82 Å². The van der Waals surface area contributed by atoms with Gasteiger partial charge in [0.1, 0.15) is 5.82 Å². The van der Waals surface area contributed by atoms with Gasteiger partial charge in [-0.1, -0.05) is 19.1 Å². The zero-order valence-corrected chi connectivity index (χ0v) is 17.5. The van der Waals surface area contributed by atoms with Crippen LogP contribution in [-0.4, -0.2) is 37.6 Å². The van der Waals surface area contributed by atoms with Crippen LogP contribution < -0.4 is 14.8 Å². The molecule has 2 aromatic carbocycles. The monoisotopic (exact) mass is 400 g/mol. The van der Waals surface area contributed by atoms with E-state index in [1.807, 2.05) is 38.1 Å². The highest BCUT2D eigenvalue weighted by molar-refractivity contribution is 5.76. The highest BCUT2D eigenvalue weighted by Gasteiger charge is 2.33. The molecule has 0 spiro atoms. The van der Waals surface area contributed by atoms with Crippen molar-refractivity contribution in [1.82, 2.24) is 10.2 Å². The first-order valence-corrected chi connectivity index (χ1v) is 9.99. The molecule has 0 aromatic heterocycles. The number of carbonyl (C=O) groups excluding carboxylic acids is 1. The molecule has 1 aliphatic heterocycles. The van der Waals surface area contributed by atoms with Crippen LogP contribution in [0.2, 0.25) is 0 Å². The van der Waals surface area contributed by atoms with Gasteiger partial charge < -0.3 is 14.8 Å². The maximum absolute atomic E-state index is 13.3. The van der Waals surface area contributed by atoms with Gasteiger partial charge in [0.15, 0.2) is 11.5 Å². The number of nitrogens with zero attached hydrogens (tertiary/aromatic N) is 1. The quantitative estimate of drug-likeness (QED) is 0.767. The van der Waals surface area contributed by atoms with Gasteiger partial charge in [0, 0.05) is 25.6 Å². The minimum absolute atomic E-state index is 0.0202. The average Bonchev–Trinajstić information content (AvgIpc) is 2.73. The fraction of sp³-hybridized carbons (Fsp3) is 0.435. The summed E-state index contributed by atoms with van der Waals surface area (Å²) in [7, 11) is 3.26. The van der Waals surface area contributed by atoms with E-state index in [0.717, 1.165) is 24.1 Å². The molecule has 0 saturated heterocycles. The summed E-state index contributed by atoms with van der Waals surface area (Å²) in [6, 6.07) is 10.5. The molecule has 0 saturated carbocycles. The smallest absolute Gasteiger partial charge is 0.219 e. The fourth-order valence-corrected chi connectivity index (χ4v) is 4.05. The first-order chi connectivity index (χ1) is 14.0. The van der Waals surface area contributed by atoms with Crippen LogP contribution in [0.25, 0.3) is 0 Å². The predicted octanol–water partition coefficient (Wildman–Crippen LogP) is 3.86. The van der Waals surface area contributed by atoms with E-state index >= 15 is 0 Å². The van der Waals surface area contributed by atoms with Crippen molar-refractivity contribution in [2.75, 3.05) is 20.8 Å². The molecule has 2 aromatic rings. The molecule has 156 valence electrons. The van der Waals surface area contributed by atoms with E-state index in [-0.39, 0.29) is 23.8 Å². The van der Waals surface area contributed by atoms with Crippen molar-refractivity contribution in [3.63, 3.8) is 0 Å². The number of rotatable bonds is 7. The lowest BCUT2D eigenvalue weighted by atomic mass is 9.87. The second-order valence-electron chi connectivity index (χ2n) is 7.41. The van der Waals surface area contributed by atoms with Gasteiger partial charge in [-0.3, -0.25) is 9.69 Å². The first kappa shape index (κ1) is 21.1. The molecule has 3 rings (SSSR count). The molecular formula is C23H29FN2O3. The molecule has 1 amide bonds. The van der Waals surface area contributed by atoms with Crippen LogP contribution in [0.15, 0.2) is 36.4 Å². The number of fused-ring (bicyclic) bond motifs is 1. The fourth-order valence-electron chi connectivity index (χ4n) is 4.05. The van der Waals surface area contributed by atoms with Crippen molar-refractivity contribution in [2.45, 2.75) is 45.3 Å². The predicted molar refractivity (Wildman–Crippen MR) is 111 cm³/mol. The van der Waals surface area contributed by atoms with Gasteiger partial charge >= 0.3 is 0 Å². The zero-order chi connectivity index (χ0) is 21.0. The largest absolute Gasteiger partial charge is 0.493 e. The lowest BCUT2D eigenvalue weighted by molar-refractivity contribution is -0.121.